The number of methoxy groups -OCH3 is 1. The number of thioether (sulfide) groups is 1. The summed E-state index contributed by atoms with van der Waals surface area (Å²) in [6, 6.07) is 26.9. The Morgan fingerprint density at radius 2 is 1.74 bits per heavy atom. The lowest BCUT2D eigenvalue weighted by Gasteiger charge is -2.25. The van der Waals surface area contributed by atoms with E-state index in [1.54, 1.807) is 24.3 Å². The van der Waals surface area contributed by atoms with Gasteiger partial charge in [0.1, 0.15) is 16.8 Å². The number of benzene rings is 3. The molecule has 0 saturated carbocycles. The maximum absolute atomic E-state index is 13.4. The topological polar surface area (TPSA) is 127 Å². The van der Waals surface area contributed by atoms with Crippen LogP contribution in [0.25, 0.3) is 0 Å². The van der Waals surface area contributed by atoms with E-state index in [2.05, 4.69) is 18.2 Å². The van der Waals surface area contributed by atoms with Crippen molar-refractivity contribution in [3.8, 4) is 11.8 Å². The van der Waals surface area contributed by atoms with Crippen molar-refractivity contribution >= 4 is 41.0 Å². The number of rotatable bonds is 9. The van der Waals surface area contributed by atoms with E-state index in [0.29, 0.717) is 33.5 Å². The molecule has 0 radical (unpaired) electrons. The molecule has 9 nitrogen and oxygen atoms in total. The number of hydrogen-bond acceptors (Lipinski definition) is 9. The van der Waals surface area contributed by atoms with Gasteiger partial charge in [-0.2, -0.15) is 5.26 Å². The van der Waals surface area contributed by atoms with Crippen LogP contribution in [0.3, 0.4) is 0 Å². The fraction of sp³-hybridized carbons (Fsp3) is 0.222. The number of nitriles is 1. The second-order valence-electron chi connectivity index (χ2n) is 11.0. The number of esters is 1. The summed E-state index contributed by atoms with van der Waals surface area (Å²) in [4.78, 5) is 57.5. The van der Waals surface area contributed by atoms with Crippen LogP contribution in [0, 0.1) is 11.3 Å². The van der Waals surface area contributed by atoms with E-state index in [1.807, 2.05) is 24.3 Å². The van der Waals surface area contributed by atoms with Gasteiger partial charge in [-0.15, -0.1) is 0 Å². The third kappa shape index (κ3) is 6.28. The van der Waals surface area contributed by atoms with Crippen molar-refractivity contribution in [3.05, 3.63) is 118 Å². The van der Waals surface area contributed by atoms with Crippen LogP contribution in [-0.2, 0) is 27.2 Å². The summed E-state index contributed by atoms with van der Waals surface area (Å²) < 4.78 is 10.4. The van der Waals surface area contributed by atoms with Crippen LogP contribution in [0.15, 0.2) is 90.0 Å². The molecular weight excluding hydrogens is 602 g/mol. The highest BCUT2D eigenvalue weighted by atomic mass is 32.2. The summed E-state index contributed by atoms with van der Waals surface area (Å²) in [5.41, 5.74) is 4.40. The van der Waals surface area contributed by atoms with E-state index < -0.39 is 29.5 Å². The third-order valence-corrected chi connectivity index (χ3v) is 9.39. The molecule has 2 aliphatic rings. The number of pyridine rings is 1. The lowest BCUT2D eigenvalue weighted by atomic mass is 9.82. The number of carbonyl (C=O) groups is 4. The Morgan fingerprint density at radius 3 is 2.48 bits per heavy atom. The average Bonchev–Trinajstić information content (AvgIpc) is 3.38. The number of para-hydroxylation sites is 1. The van der Waals surface area contributed by atoms with E-state index in [1.165, 1.54) is 36.9 Å². The number of hydrogen-bond donors (Lipinski definition) is 0. The van der Waals surface area contributed by atoms with Gasteiger partial charge in [-0.25, -0.2) is 14.7 Å². The van der Waals surface area contributed by atoms with Crippen molar-refractivity contribution in [2.75, 3.05) is 18.6 Å². The zero-order chi connectivity index (χ0) is 32.2. The molecule has 1 fully saturated rings. The molecule has 1 aliphatic carbocycles. The average molecular weight is 632 g/mol. The maximum Gasteiger partial charge on any atom is 0.338 e. The predicted molar refractivity (Wildman–Crippen MR) is 171 cm³/mol. The lowest BCUT2D eigenvalue weighted by molar-refractivity contribution is -0.121. The first-order valence-electron chi connectivity index (χ1n) is 14.8. The van der Waals surface area contributed by atoms with Crippen molar-refractivity contribution in [1.82, 2.24) is 4.98 Å². The van der Waals surface area contributed by atoms with Crippen LogP contribution in [0.4, 0.5) is 5.69 Å². The van der Waals surface area contributed by atoms with Crippen molar-refractivity contribution in [1.29, 1.82) is 5.26 Å². The molecule has 230 valence electrons. The molecule has 1 aromatic heterocycles. The minimum Gasteiger partial charge on any atom is -0.496 e. The second kappa shape index (κ2) is 13.4. The van der Waals surface area contributed by atoms with Gasteiger partial charge in [-0.05, 0) is 78.8 Å². The van der Waals surface area contributed by atoms with Crippen molar-refractivity contribution in [2.24, 2.45) is 0 Å². The van der Waals surface area contributed by atoms with Crippen molar-refractivity contribution < 1.29 is 28.7 Å². The number of Topliss-reactive ketones (excluding diaryl/α,β-unsaturated/α-hetero) is 1. The lowest BCUT2D eigenvalue weighted by Crippen LogP contribution is -2.31. The number of aryl methyl sites for hydroxylation is 1. The van der Waals surface area contributed by atoms with Crippen LogP contribution in [-0.4, -0.2) is 47.5 Å². The van der Waals surface area contributed by atoms with E-state index >= 15 is 0 Å². The summed E-state index contributed by atoms with van der Waals surface area (Å²) >= 11 is 1.14. The van der Waals surface area contributed by atoms with E-state index in [0.717, 1.165) is 47.2 Å². The number of carbonyl (C=O) groups excluding carboxylic acids is 4. The minimum absolute atomic E-state index is 0.0436. The van der Waals surface area contributed by atoms with Gasteiger partial charge in [-0.1, -0.05) is 54.2 Å². The number of ketones is 1. The molecule has 4 aromatic rings. The monoisotopic (exact) mass is 631 g/mol. The first-order valence-corrected chi connectivity index (χ1v) is 15.7. The zero-order valence-electron chi connectivity index (χ0n) is 25.0. The molecule has 2 atom stereocenters. The number of nitrogens with zero attached hydrogens (tertiary/aromatic N) is 3. The molecular formula is C36H29N3O6S. The summed E-state index contributed by atoms with van der Waals surface area (Å²) in [5, 5.41) is 9.63. The molecule has 0 bridgehead atoms. The molecule has 2 unspecified atom stereocenters. The van der Waals surface area contributed by atoms with E-state index in [-0.39, 0.29) is 17.9 Å². The molecule has 10 heteroatoms. The number of anilines is 1. The minimum atomic E-state index is -0.739. The summed E-state index contributed by atoms with van der Waals surface area (Å²) in [5.74, 6) is -1.20. The smallest absolute Gasteiger partial charge is 0.338 e. The van der Waals surface area contributed by atoms with Gasteiger partial charge in [0.2, 0.25) is 17.6 Å². The Hall–Kier alpha value is -5.27. The van der Waals surface area contributed by atoms with Crippen LogP contribution in [0.2, 0.25) is 0 Å². The standard InChI is InChI=1S/C36H29N3O6S/c1-44-31-10-6-5-9-28(31)30(40)21-45-36(43)23-11-14-27(15-12-23)39-33(41)19-32(35(39)42)46-34-26(20-37)18-25-17-24(13-16-29(25)38-34)22-7-3-2-4-8-22/h2-12,14-15,18,24,32H,13,16-17,19,21H2,1H3. The molecule has 6 rings (SSSR count). The predicted octanol–water partition coefficient (Wildman–Crippen LogP) is 5.70. The molecule has 3 aromatic carbocycles. The third-order valence-electron chi connectivity index (χ3n) is 8.21. The Kier molecular flexibility index (Phi) is 8.94. The quantitative estimate of drug-likeness (QED) is 0.130. The van der Waals surface area contributed by atoms with Crippen LogP contribution in [0.1, 0.15) is 61.9 Å². The molecule has 1 aliphatic heterocycles. The Bertz CT molecular complexity index is 1870. The van der Waals surface area contributed by atoms with Crippen molar-refractivity contribution in [2.45, 2.75) is 41.9 Å². The van der Waals surface area contributed by atoms with Crippen LogP contribution < -0.4 is 9.64 Å². The molecule has 46 heavy (non-hydrogen) atoms. The Labute approximate surface area is 270 Å². The summed E-state index contributed by atoms with van der Waals surface area (Å²) in [7, 11) is 1.45. The molecule has 1 saturated heterocycles. The fourth-order valence-electron chi connectivity index (χ4n) is 5.84. The molecule has 2 heterocycles. The highest BCUT2D eigenvalue weighted by Gasteiger charge is 2.41. The fourth-order valence-corrected chi connectivity index (χ4v) is 6.94. The van der Waals surface area contributed by atoms with Gasteiger partial charge in [0.25, 0.3) is 0 Å². The second-order valence-corrected chi connectivity index (χ2v) is 12.2. The van der Waals surface area contributed by atoms with Gasteiger partial charge in [0.15, 0.2) is 6.61 Å². The van der Waals surface area contributed by atoms with Crippen LogP contribution >= 0.6 is 11.8 Å². The van der Waals surface area contributed by atoms with Gasteiger partial charge < -0.3 is 9.47 Å². The number of amides is 2. The highest BCUT2D eigenvalue weighted by Crippen LogP contribution is 2.38. The van der Waals surface area contributed by atoms with Gasteiger partial charge >= 0.3 is 5.97 Å². The van der Waals surface area contributed by atoms with Crippen molar-refractivity contribution in [3.63, 3.8) is 0 Å². The van der Waals surface area contributed by atoms with E-state index in [9.17, 15) is 24.4 Å². The normalized spacial score (nSPS) is 17.3. The van der Waals surface area contributed by atoms with Gasteiger partial charge in [0.05, 0.1) is 34.7 Å². The molecule has 0 spiro atoms. The highest BCUT2D eigenvalue weighted by molar-refractivity contribution is 8.00. The van der Waals surface area contributed by atoms with Gasteiger partial charge in [-0.3, -0.25) is 14.4 Å². The first-order chi connectivity index (χ1) is 22.4. The van der Waals surface area contributed by atoms with Gasteiger partial charge in [0, 0.05) is 12.1 Å². The maximum atomic E-state index is 13.4. The Balaban J connectivity index is 1.10. The number of aromatic nitrogens is 1. The zero-order valence-corrected chi connectivity index (χ0v) is 25.8. The summed E-state index contributed by atoms with van der Waals surface area (Å²) in [6.45, 7) is -0.474. The largest absolute Gasteiger partial charge is 0.496 e. The van der Waals surface area contributed by atoms with Crippen LogP contribution in [0.5, 0.6) is 5.75 Å². The molecule has 0 N–H and O–H groups in total. The number of ether oxygens (including phenoxy) is 2. The van der Waals surface area contributed by atoms with E-state index in [4.69, 9.17) is 14.5 Å². The number of imide groups is 1. The number of fused-ring (bicyclic) bond motifs is 1. The SMILES string of the molecule is COc1ccccc1C(=O)COC(=O)c1ccc(N2C(=O)CC(Sc3nc4c(cc3C#N)CC(c3ccccc3)CC4)C2=O)cc1. The summed E-state index contributed by atoms with van der Waals surface area (Å²) in [6.07, 6.45) is 2.46. The molecule has 2 amide bonds. The Morgan fingerprint density at radius 1 is 1.00 bits per heavy atom. The first kappa shape index (κ1) is 30.7.